The zero-order valence-corrected chi connectivity index (χ0v) is 16.3. The average molecular weight is 442 g/mol. The Balaban J connectivity index is 0.000000280. The van der Waals surface area contributed by atoms with E-state index in [1.807, 2.05) is 0 Å². The van der Waals surface area contributed by atoms with E-state index in [1.165, 1.54) is 41.7 Å². The summed E-state index contributed by atoms with van der Waals surface area (Å²) in [4.78, 5) is 11.4. The maximum absolute atomic E-state index is 12.4. The van der Waals surface area contributed by atoms with E-state index in [4.69, 9.17) is 5.11 Å². The van der Waals surface area contributed by atoms with E-state index in [9.17, 15) is 31.1 Å². The van der Waals surface area contributed by atoms with Crippen molar-refractivity contribution in [1.82, 2.24) is 0 Å². The molecule has 0 bridgehead atoms. The largest absolute Gasteiger partial charge is 0.417 e. The van der Waals surface area contributed by atoms with Crippen LogP contribution in [0.4, 0.5) is 26.3 Å². The number of carbonyl (C=O) groups excluding carboxylic acids is 1. The van der Waals surface area contributed by atoms with E-state index in [2.05, 4.69) is 0 Å². The molecule has 0 radical (unpaired) electrons. The van der Waals surface area contributed by atoms with E-state index in [1.54, 1.807) is 18.6 Å². The first-order chi connectivity index (χ1) is 13.0. The topological polar surface area (TPSA) is 37.3 Å². The number of hydrogen-bond donors (Lipinski definition) is 1. The number of aldehydes is 1. The number of aliphatic hydroxyl groups is 1. The molecule has 0 heterocycles. The molecule has 0 spiro atoms. The molecular formula is C18H16F6O2S2. The lowest BCUT2D eigenvalue weighted by atomic mass is 10.1. The Hall–Kier alpha value is -1.65. The van der Waals surface area contributed by atoms with Crippen LogP contribution in [-0.2, 0) is 19.0 Å². The van der Waals surface area contributed by atoms with E-state index < -0.39 is 30.1 Å². The summed E-state index contributed by atoms with van der Waals surface area (Å²) in [7, 11) is 0. The monoisotopic (exact) mass is 442 g/mol. The minimum Gasteiger partial charge on any atom is -0.392 e. The second kappa shape index (κ2) is 10.2. The minimum atomic E-state index is -4.47. The van der Waals surface area contributed by atoms with Gasteiger partial charge in [-0.15, -0.1) is 23.5 Å². The maximum atomic E-state index is 12.4. The molecule has 0 aromatic heterocycles. The summed E-state index contributed by atoms with van der Waals surface area (Å²) in [5.74, 6) is 0. The van der Waals surface area contributed by atoms with Crippen molar-refractivity contribution in [3.05, 3.63) is 58.7 Å². The summed E-state index contributed by atoms with van der Waals surface area (Å²) < 4.78 is 74.4. The van der Waals surface area contributed by atoms with Crippen LogP contribution in [0.25, 0.3) is 0 Å². The normalized spacial score (nSPS) is 11.6. The second-order valence-corrected chi connectivity index (χ2v) is 7.01. The highest BCUT2D eigenvalue weighted by molar-refractivity contribution is 7.98. The van der Waals surface area contributed by atoms with Crippen molar-refractivity contribution >= 4 is 29.8 Å². The fourth-order valence-corrected chi connectivity index (χ4v) is 2.97. The molecule has 2 nitrogen and oxygen atoms in total. The zero-order valence-electron chi connectivity index (χ0n) is 14.7. The molecule has 0 amide bonds. The van der Waals surface area contributed by atoms with Crippen molar-refractivity contribution in [2.75, 3.05) is 12.5 Å². The van der Waals surface area contributed by atoms with E-state index in [0.717, 1.165) is 12.1 Å². The molecule has 1 N–H and O–H groups in total. The second-order valence-electron chi connectivity index (χ2n) is 5.25. The number of thioether (sulfide) groups is 2. The standard InChI is InChI=1S/C9H9F3OS.C9H7F3OS/c2*1-14-7-3-2-6(5-13)8(4-7)9(10,11)12/h2-4,13H,5H2,1H3;2-5H,1H3. The molecule has 0 aliphatic carbocycles. The molecule has 0 saturated carbocycles. The number of benzene rings is 2. The fourth-order valence-electron chi connectivity index (χ4n) is 2.09. The fraction of sp³-hybridized carbons (Fsp3) is 0.278. The Morgan fingerprint density at radius 3 is 1.71 bits per heavy atom. The minimum absolute atomic E-state index is 0.0877. The van der Waals surface area contributed by atoms with Crippen LogP contribution >= 0.6 is 23.5 Å². The van der Waals surface area contributed by atoms with Crippen molar-refractivity contribution < 1.29 is 36.2 Å². The highest BCUT2D eigenvalue weighted by Gasteiger charge is 2.34. The number of aliphatic hydroxyl groups excluding tert-OH is 1. The Kier molecular flexibility index (Phi) is 8.90. The van der Waals surface area contributed by atoms with Gasteiger partial charge in [0.15, 0.2) is 6.29 Å². The van der Waals surface area contributed by atoms with E-state index >= 15 is 0 Å². The molecule has 0 unspecified atom stereocenters. The molecule has 2 rings (SSSR count). The number of alkyl halides is 6. The average Bonchev–Trinajstić information content (AvgIpc) is 2.66. The summed E-state index contributed by atoms with van der Waals surface area (Å²) in [5, 5.41) is 8.74. The first-order valence-electron chi connectivity index (χ1n) is 7.53. The van der Waals surface area contributed by atoms with Gasteiger partial charge in [0.25, 0.3) is 0 Å². The molecule has 0 atom stereocenters. The van der Waals surface area contributed by atoms with Crippen LogP contribution in [0.15, 0.2) is 46.2 Å². The van der Waals surface area contributed by atoms with Crippen LogP contribution in [0, 0.1) is 0 Å². The summed E-state index contributed by atoms with van der Waals surface area (Å²) >= 11 is 2.44. The number of rotatable bonds is 4. The van der Waals surface area contributed by atoms with Gasteiger partial charge < -0.3 is 5.11 Å². The lowest BCUT2D eigenvalue weighted by Gasteiger charge is -2.12. The molecule has 0 aliphatic rings. The summed E-state index contributed by atoms with van der Waals surface area (Å²) in [6.45, 7) is -0.594. The maximum Gasteiger partial charge on any atom is 0.417 e. The molecule has 154 valence electrons. The molecule has 28 heavy (non-hydrogen) atoms. The third-order valence-corrected chi connectivity index (χ3v) is 4.94. The van der Waals surface area contributed by atoms with Crippen LogP contribution in [0.5, 0.6) is 0 Å². The summed E-state index contributed by atoms with van der Waals surface area (Å²) in [6.07, 6.45) is -5.27. The molecule has 0 fully saturated rings. The summed E-state index contributed by atoms with van der Waals surface area (Å²) in [5.41, 5.74) is -2.04. The van der Waals surface area contributed by atoms with Crippen LogP contribution in [-0.4, -0.2) is 23.9 Å². The van der Waals surface area contributed by atoms with Crippen molar-refractivity contribution in [2.45, 2.75) is 28.8 Å². The molecular weight excluding hydrogens is 426 g/mol. The van der Waals surface area contributed by atoms with Gasteiger partial charge in [-0.3, -0.25) is 4.79 Å². The van der Waals surface area contributed by atoms with Gasteiger partial charge in [0.2, 0.25) is 0 Å². The molecule has 2 aromatic rings. The lowest BCUT2D eigenvalue weighted by Crippen LogP contribution is -2.09. The van der Waals surface area contributed by atoms with Gasteiger partial charge in [0.1, 0.15) is 0 Å². The van der Waals surface area contributed by atoms with Crippen LogP contribution in [0.2, 0.25) is 0 Å². The first kappa shape index (κ1) is 24.4. The third kappa shape index (κ3) is 6.75. The zero-order chi connectivity index (χ0) is 21.5. The molecule has 0 aliphatic heterocycles. The SMILES string of the molecule is CSc1ccc(C=O)c(C(F)(F)F)c1.CSc1ccc(CO)c(C(F)(F)F)c1. The number of hydrogen-bond acceptors (Lipinski definition) is 4. The van der Waals surface area contributed by atoms with Gasteiger partial charge in [0, 0.05) is 15.4 Å². The van der Waals surface area contributed by atoms with Gasteiger partial charge in [-0.05, 0) is 48.4 Å². The van der Waals surface area contributed by atoms with Gasteiger partial charge in [-0.25, -0.2) is 0 Å². The Labute approximate surface area is 166 Å². The number of halogens is 6. The van der Waals surface area contributed by atoms with Crippen molar-refractivity contribution in [3.8, 4) is 0 Å². The van der Waals surface area contributed by atoms with Crippen molar-refractivity contribution in [2.24, 2.45) is 0 Å². The third-order valence-electron chi connectivity index (χ3n) is 3.49. The Morgan fingerprint density at radius 2 is 1.32 bits per heavy atom. The summed E-state index contributed by atoms with van der Waals surface area (Å²) in [6, 6.07) is 7.57. The predicted molar refractivity (Wildman–Crippen MR) is 97.8 cm³/mol. The highest BCUT2D eigenvalue weighted by Crippen LogP contribution is 2.35. The van der Waals surface area contributed by atoms with Gasteiger partial charge in [-0.1, -0.05) is 6.07 Å². The molecule has 0 saturated heterocycles. The smallest absolute Gasteiger partial charge is 0.392 e. The quantitative estimate of drug-likeness (QED) is 0.350. The predicted octanol–water partition coefficient (Wildman–Crippen LogP) is 6.16. The molecule has 10 heteroatoms. The van der Waals surface area contributed by atoms with Gasteiger partial charge in [-0.2, -0.15) is 26.3 Å². The van der Waals surface area contributed by atoms with E-state index in [0.29, 0.717) is 9.79 Å². The molecule has 2 aromatic carbocycles. The lowest BCUT2D eigenvalue weighted by molar-refractivity contribution is -0.139. The van der Waals surface area contributed by atoms with Crippen molar-refractivity contribution in [1.29, 1.82) is 0 Å². The highest BCUT2D eigenvalue weighted by atomic mass is 32.2. The Morgan fingerprint density at radius 1 is 0.857 bits per heavy atom. The van der Waals surface area contributed by atoms with Crippen LogP contribution in [0.1, 0.15) is 27.0 Å². The van der Waals surface area contributed by atoms with Gasteiger partial charge in [0.05, 0.1) is 17.7 Å². The van der Waals surface area contributed by atoms with Gasteiger partial charge >= 0.3 is 12.4 Å². The van der Waals surface area contributed by atoms with Crippen LogP contribution < -0.4 is 0 Å². The Bertz CT molecular complexity index is 804. The van der Waals surface area contributed by atoms with Crippen molar-refractivity contribution in [3.63, 3.8) is 0 Å². The first-order valence-corrected chi connectivity index (χ1v) is 9.98. The number of carbonyl (C=O) groups is 1. The van der Waals surface area contributed by atoms with Crippen LogP contribution in [0.3, 0.4) is 0 Å². The van der Waals surface area contributed by atoms with E-state index in [-0.39, 0.29) is 17.4 Å².